The van der Waals surface area contributed by atoms with Crippen LogP contribution in [0.5, 0.6) is 5.75 Å². The number of ether oxygens (including phenoxy) is 1. The summed E-state index contributed by atoms with van der Waals surface area (Å²) in [6.45, 7) is 0. The first-order chi connectivity index (χ1) is 9.76. The van der Waals surface area contributed by atoms with Crippen LogP contribution in [0.2, 0.25) is 0 Å². The van der Waals surface area contributed by atoms with Gasteiger partial charge in [0.1, 0.15) is 0 Å². The fourth-order valence-electron chi connectivity index (χ4n) is 2.86. The highest BCUT2D eigenvalue weighted by molar-refractivity contribution is 8.14. The summed E-state index contributed by atoms with van der Waals surface area (Å²) < 4.78 is 18.6. The lowest BCUT2D eigenvalue weighted by molar-refractivity contribution is 0.336. The Kier molecular flexibility index (Phi) is 4.15. The van der Waals surface area contributed by atoms with Crippen molar-refractivity contribution in [2.75, 3.05) is 18.2 Å². The highest BCUT2D eigenvalue weighted by Gasteiger charge is 2.29. The Morgan fingerprint density at radius 3 is 3.00 bits per heavy atom. The molecule has 2 unspecified atom stereocenters. The second-order valence-electron chi connectivity index (χ2n) is 5.33. The average molecular weight is 294 g/mol. The molecule has 0 spiro atoms. The van der Waals surface area contributed by atoms with Gasteiger partial charge in [-0.2, -0.15) is 0 Å². The predicted molar refractivity (Wildman–Crippen MR) is 82.2 cm³/mol. The maximum atomic E-state index is 13.7. The highest BCUT2D eigenvalue weighted by atomic mass is 32.2. The number of aliphatic imine (C=N–C) groups is 1. The molecule has 1 aliphatic carbocycles. The Morgan fingerprint density at radius 1 is 1.35 bits per heavy atom. The molecule has 1 fully saturated rings. The lowest BCUT2D eigenvalue weighted by Gasteiger charge is -2.32. The molecule has 1 N–H and O–H groups in total. The minimum Gasteiger partial charge on any atom is -0.494 e. The number of hydrogen-bond donors (Lipinski definition) is 1. The molecule has 1 saturated carbocycles. The maximum absolute atomic E-state index is 13.7. The number of fused-ring (bicyclic) bond motifs is 1. The van der Waals surface area contributed by atoms with Crippen LogP contribution in [0.1, 0.15) is 25.7 Å². The second-order valence-corrected chi connectivity index (χ2v) is 6.34. The number of rotatable bonds is 2. The molecule has 20 heavy (non-hydrogen) atoms. The Bertz CT molecular complexity index is 521. The van der Waals surface area contributed by atoms with Crippen molar-refractivity contribution in [3.05, 3.63) is 24.0 Å². The zero-order chi connectivity index (χ0) is 13.9. The van der Waals surface area contributed by atoms with Crippen LogP contribution in [0.15, 0.2) is 23.2 Å². The molecule has 3 rings (SSSR count). The Morgan fingerprint density at radius 2 is 2.20 bits per heavy atom. The minimum absolute atomic E-state index is 0.265. The number of nitrogens with one attached hydrogen (secondary N) is 1. The molecule has 2 aliphatic rings. The molecular formula is C15H19FN2OS. The summed E-state index contributed by atoms with van der Waals surface area (Å²) in [5.74, 6) is 1.76. The van der Waals surface area contributed by atoms with E-state index in [9.17, 15) is 4.39 Å². The topological polar surface area (TPSA) is 33.6 Å². The molecule has 0 bridgehead atoms. The van der Waals surface area contributed by atoms with Crippen molar-refractivity contribution in [3.63, 3.8) is 0 Å². The van der Waals surface area contributed by atoms with E-state index in [1.54, 1.807) is 17.8 Å². The second kappa shape index (κ2) is 6.04. The van der Waals surface area contributed by atoms with Crippen LogP contribution in [0.25, 0.3) is 0 Å². The molecule has 0 radical (unpaired) electrons. The summed E-state index contributed by atoms with van der Waals surface area (Å²) in [4.78, 5) is 4.79. The summed E-state index contributed by atoms with van der Waals surface area (Å²) >= 11 is 1.74. The number of methoxy groups -OCH3 is 1. The number of amidine groups is 1. The maximum Gasteiger partial charge on any atom is 0.167 e. The van der Waals surface area contributed by atoms with E-state index in [1.165, 1.54) is 38.9 Å². The van der Waals surface area contributed by atoms with Gasteiger partial charge in [-0.05, 0) is 30.9 Å². The van der Waals surface area contributed by atoms with E-state index >= 15 is 0 Å². The molecule has 1 aromatic carbocycles. The molecule has 3 nitrogen and oxygen atoms in total. The Balaban J connectivity index is 1.71. The van der Waals surface area contributed by atoms with Crippen molar-refractivity contribution >= 4 is 22.6 Å². The molecule has 2 atom stereocenters. The first-order valence-corrected chi connectivity index (χ1v) is 8.06. The molecule has 1 aliphatic heterocycles. The summed E-state index contributed by atoms with van der Waals surface area (Å²) in [5.41, 5.74) is 0.726. The van der Waals surface area contributed by atoms with Gasteiger partial charge in [0.05, 0.1) is 13.2 Å². The van der Waals surface area contributed by atoms with Gasteiger partial charge >= 0.3 is 0 Å². The summed E-state index contributed by atoms with van der Waals surface area (Å²) in [6, 6.07) is 5.36. The highest BCUT2D eigenvalue weighted by Crippen LogP contribution is 2.34. The number of hydrogen-bond acceptors (Lipinski definition) is 4. The van der Waals surface area contributed by atoms with E-state index in [1.807, 2.05) is 6.07 Å². The third-order valence-corrected chi connectivity index (χ3v) is 5.06. The normalized spacial score (nSPS) is 25.6. The van der Waals surface area contributed by atoms with Crippen molar-refractivity contribution in [1.29, 1.82) is 0 Å². The smallest absolute Gasteiger partial charge is 0.167 e. The van der Waals surface area contributed by atoms with Crippen LogP contribution >= 0.6 is 11.8 Å². The van der Waals surface area contributed by atoms with Gasteiger partial charge in [0.2, 0.25) is 0 Å². The first kappa shape index (κ1) is 13.7. The van der Waals surface area contributed by atoms with Crippen molar-refractivity contribution in [2.24, 2.45) is 10.9 Å². The largest absolute Gasteiger partial charge is 0.494 e. The van der Waals surface area contributed by atoms with Gasteiger partial charge in [-0.25, -0.2) is 4.39 Å². The monoisotopic (exact) mass is 294 g/mol. The number of nitrogens with zero attached hydrogens (tertiary/aromatic N) is 1. The van der Waals surface area contributed by atoms with E-state index in [2.05, 4.69) is 5.32 Å². The van der Waals surface area contributed by atoms with Gasteiger partial charge < -0.3 is 10.1 Å². The molecule has 1 aromatic rings. The van der Waals surface area contributed by atoms with Gasteiger partial charge in [0.25, 0.3) is 0 Å². The number of thioether (sulfide) groups is 1. The Hall–Kier alpha value is -1.23. The standard InChI is InChI=1S/C15H19FN2OS/c1-19-14-7-6-11(8-12(14)16)17-15-18-13-5-3-2-4-10(13)9-20-15/h6-8,10,13H,2-5,9H2,1H3,(H,17,18). The predicted octanol–water partition coefficient (Wildman–Crippen LogP) is 3.91. The fraction of sp³-hybridized carbons (Fsp3) is 0.533. The van der Waals surface area contributed by atoms with Gasteiger partial charge in [0, 0.05) is 17.5 Å². The van der Waals surface area contributed by atoms with Crippen molar-refractivity contribution < 1.29 is 9.13 Å². The summed E-state index contributed by atoms with van der Waals surface area (Å²) in [7, 11) is 1.47. The number of anilines is 1. The zero-order valence-corrected chi connectivity index (χ0v) is 12.4. The average Bonchev–Trinajstić information content (AvgIpc) is 2.47. The quantitative estimate of drug-likeness (QED) is 0.898. The van der Waals surface area contributed by atoms with Crippen molar-refractivity contribution in [1.82, 2.24) is 0 Å². The molecule has 0 saturated heterocycles. The molecule has 0 aromatic heterocycles. The lowest BCUT2D eigenvalue weighted by atomic mass is 9.86. The van der Waals surface area contributed by atoms with E-state index < -0.39 is 0 Å². The van der Waals surface area contributed by atoms with E-state index in [4.69, 9.17) is 9.73 Å². The summed E-state index contributed by atoms with van der Waals surface area (Å²) in [6.07, 6.45) is 5.10. The third-order valence-electron chi connectivity index (χ3n) is 3.99. The molecule has 1 heterocycles. The van der Waals surface area contributed by atoms with E-state index in [0.717, 1.165) is 22.5 Å². The van der Waals surface area contributed by atoms with Gasteiger partial charge in [-0.15, -0.1) is 0 Å². The van der Waals surface area contributed by atoms with Gasteiger partial charge in [0.15, 0.2) is 16.7 Å². The van der Waals surface area contributed by atoms with Crippen molar-refractivity contribution in [3.8, 4) is 5.75 Å². The SMILES string of the molecule is COc1ccc(NC2=NC3CCCCC3CS2)cc1F. The first-order valence-electron chi connectivity index (χ1n) is 7.07. The van der Waals surface area contributed by atoms with E-state index in [-0.39, 0.29) is 11.6 Å². The van der Waals surface area contributed by atoms with Crippen LogP contribution in [0.4, 0.5) is 10.1 Å². The Labute approximate surface area is 123 Å². The van der Waals surface area contributed by atoms with E-state index in [0.29, 0.717) is 6.04 Å². The van der Waals surface area contributed by atoms with Crippen LogP contribution in [0.3, 0.4) is 0 Å². The molecular weight excluding hydrogens is 275 g/mol. The number of benzene rings is 1. The fourth-order valence-corrected chi connectivity index (χ4v) is 4.02. The molecule has 0 amide bonds. The van der Waals surface area contributed by atoms with Crippen LogP contribution < -0.4 is 10.1 Å². The minimum atomic E-state index is -0.352. The summed E-state index contributed by atoms with van der Waals surface area (Å²) in [5, 5.41) is 4.14. The molecule has 5 heteroatoms. The third kappa shape index (κ3) is 2.92. The van der Waals surface area contributed by atoms with Crippen molar-refractivity contribution in [2.45, 2.75) is 31.7 Å². The lowest BCUT2D eigenvalue weighted by Crippen LogP contribution is -2.31. The van der Waals surface area contributed by atoms with Gasteiger partial charge in [-0.3, -0.25) is 4.99 Å². The van der Waals surface area contributed by atoms with Crippen LogP contribution in [0, 0.1) is 11.7 Å². The van der Waals surface area contributed by atoms with Crippen LogP contribution in [-0.2, 0) is 0 Å². The van der Waals surface area contributed by atoms with Crippen LogP contribution in [-0.4, -0.2) is 24.1 Å². The zero-order valence-electron chi connectivity index (χ0n) is 11.6. The van der Waals surface area contributed by atoms with Gasteiger partial charge in [-0.1, -0.05) is 24.6 Å². The number of halogens is 1. The molecule has 108 valence electrons.